The highest BCUT2D eigenvalue weighted by atomic mass is 19.1. The maximum atomic E-state index is 13.1. The first-order valence-corrected chi connectivity index (χ1v) is 8.23. The molecule has 0 aliphatic carbocycles. The number of carbonyl (C=O) groups is 1. The van der Waals surface area contributed by atoms with E-state index >= 15 is 0 Å². The van der Waals surface area contributed by atoms with E-state index in [0.29, 0.717) is 25.3 Å². The molecule has 1 aromatic heterocycles. The number of primary amides is 1. The van der Waals surface area contributed by atoms with Gasteiger partial charge in [-0.3, -0.25) is 9.78 Å². The van der Waals surface area contributed by atoms with Crippen LogP contribution in [0.15, 0.2) is 36.7 Å². The van der Waals surface area contributed by atoms with Crippen molar-refractivity contribution in [1.29, 1.82) is 0 Å². The van der Waals surface area contributed by atoms with Gasteiger partial charge in [-0.25, -0.2) is 9.37 Å². The zero-order valence-electron chi connectivity index (χ0n) is 13.9. The van der Waals surface area contributed by atoms with Crippen LogP contribution in [-0.4, -0.2) is 40.7 Å². The molecule has 2 aromatic rings. The third-order valence-corrected chi connectivity index (χ3v) is 4.85. The third-order valence-electron chi connectivity index (χ3n) is 4.85. The van der Waals surface area contributed by atoms with Gasteiger partial charge in [-0.15, -0.1) is 0 Å². The van der Waals surface area contributed by atoms with Crippen LogP contribution in [0.5, 0.6) is 0 Å². The van der Waals surface area contributed by atoms with Gasteiger partial charge in [0.1, 0.15) is 17.3 Å². The van der Waals surface area contributed by atoms with Crippen molar-refractivity contribution in [2.75, 3.05) is 24.6 Å². The number of aliphatic hydroxyl groups is 1. The maximum Gasteiger partial charge on any atom is 0.268 e. The normalized spacial score (nSPS) is 16.6. The summed E-state index contributed by atoms with van der Waals surface area (Å²) < 4.78 is 13.1. The predicted octanol–water partition coefficient (Wildman–Crippen LogP) is 1.54. The van der Waals surface area contributed by atoms with Crippen molar-refractivity contribution in [3.8, 4) is 0 Å². The molecule has 25 heavy (non-hydrogen) atoms. The van der Waals surface area contributed by atoms with Gasteiger partial charge in [0.2, 0.25) is 0 Å². The molecule has 1 fully saturated rings. The summed E-state index contributed by atoms with van der Waals surface area (Å²) in [7, 11) is 0. The second-order valence-electron chi connectivity index (χ2n) is 6.58. The van der Waals surface area contributed by atoms with Gasteiger partial charge in [0.25, 0.3) is 5.91 Å². The van der Waals surface area contributed by atoms with Gasteiger partial charge in [-0.2, -0.15) is 0 Å². The molecule has 1 amide bonds. The van der Waals surface area contributed by atoms with Gasteiger partial charge in [-0.05, 0) is 37.0 Å². The highest BCUT2D eigenvalue weighted by Crippen LogP contribution is 2.35. The van der Waals surface area contributed by atoms with Crippen molar-refractivity contribution >= 4 is 11.7 Å². The van der Waals surface area contributed by atoms with Crippen molar-refractivity contribution in [2.24, 2.45) is 11.1 Å². The fourth-order valence-corrected chi connectivity index (χ4v) is 3.26. The number of hydrogen-bond donors (Lipinski definition) is 2. The minimum atomic E-state index is -0.604. The lowest BCUT2D eigenvalue weighted by molar-refractivity contribution is 0.0960. The summed E-state index contributed by atoms with van der Waals surface area (Å²) in [6.45, 7) is 1.46. The summed E-state index contributed by atoms with van der Waals surface area (Å²) in [6, 6.07) is 6.42. The first-order valence-electron chi connectivity index (χ1n) is 8.23. The number of piperidine rings is 1. The van der Waals surface area contributed by atoms with Crippen LogP contribution in [0, 0.1) is 11.2 Å². The monoisotopic (exact) mass is 344 g/mol. The highest BCUT2D eigenvalue weighted by Gasteiger charge is 2.34. The van der Waals surface area contributed by atoms with Crippen molar-refractivity contribution < 1.29 is 14.3 Å². The number of rotatable bonds is 5. The molecule has 3 rings (SSSR count). The summed E-state index contributed by atoms with van der Waals surface area (Å²) >= 11 is 0. The van der Waals surface area contributed by atoms with E-state index in [4.69, 9.17) is 5.73 Å². The topological polar surface area (TPSA) is 92.3 Å². The number of hydrogen-bond acceptors (Lipinski definition) is 5. The smallest absolute Gasteiger partial charge is 0.268 e. The number of halogens is 1. The number of aliphatic hydroxyl groups excluding tert-OH is 1. The first-order chi connectivity index (χ1) is 12.0. The Morgan fingerprint density at radius 1 is 1.24 bits per heavy atom. The first kappa shape index (κ1) is 17.3. The van der Waals surface area contributed by atoms with Crippen LogP contribution in [-0.2, 0) is 6.42 Å². The van der Waals surface area contributed by atoms with Crippen LogP contribution in [0.2, 0.25) is 0 Å². The Bertz CT molecular complexity index is 743. The van der Waals surface area contributed by atoms with E-state index in [9.17, 15) is 14.3 Å². The lowest BCUT2D eigenvalue weighted by Crippen LogP contribution is -2.43. The van der Waals surface area contributed by atoms with Crippen molar-refractivity contribution in [3.63, 3.8) is 0 Å². The van der Waals surface area contributed by atoms with Gasteiger partial charge in [0.05, 0.1) is 12.4 Å². The summed E-state index contributed by atoms with van der Waals surface area (Å²) in [5, 5.41) is 9.95. The fourth-order valence-electron chi connectivity index (χ4n) is 3.26. The van der Waals surface area contributed by atoms with E-state index in [-0.39, 0.29) is 23.5 Å². The molecular formula is C18H21FN4O2. The van der Waals surface area contributed by atoms with Crippen molar-refractivity contribution in [3.05, 3.63) is 53.7 Å². The summed E-state index contributed by atoms with van der Waals surface area (Å²) in [6.07, 6.45) is 5.19. The molecule has 1 aromatic carbocycles. The summed E-state index contributed by atoms with van der Waals surface area (Å²) in [5.74, 6) is -0.249. The van der Waals surface area contributed by atoms with Crippen LogP contribution >= 0.6 is 0 Å². The quantitative estimate of drug-likeness (QED) is 0.858. The van der Waals surface area contributed by atoms with Gasteiger partial charge < -0.3 is 15.7 Å². The maximum absolute atomic E-state index is 13.1. The number of nitrogens with two attached hydrogens (primary N) is 1. The van der Waals surface area contributed by atoms with Gasteiger partial charge in [-0.1, -0.05) is 12.1 Å². The third kappa shape index (κ3) is 3.93. The van der Waals surface area contributed by atoms with Crippen LogP contribution in [0.4, 0.5) is 10.2 Å². The van der Waals surface area contributed by atoms with Gasteiger partial charge in [0.15, 0.2) is 0 Å². The predicted molar refractivity (Wildman–Crippen MR) is 91.6 cm³/mol. The zero-order valence-corrected chi connectivity index (χ0v) is 13.9. The molecule has 1 aliphatic rings. The SMILES string of the molecule is NC(=O)c1cncc(N2CCC(CO)(Cc3ccc(F)cc3)CC2)n1. The number of anilines is 1. The zero-order chi connectivity index (χ0) is 17.9. The molecule has 0 saturated carbocycles. The molecule has 1 aliphatic heterocycles. The molecule has 0 spiro atoms. The standard InChI is InChI=1S/C18H21FN4O2/c19-14-3-1-13(2-4-14)9-18(12-24)5-7-23(8-6-18)16-11-21-10-15(22-16)17(20)25/h1-4,10-11,24H,5-9,12H2,(H2,20,25). The van der Waals surface area contributed by atoms with Gasteiger partial charge >= 0.3 is 0 Å². The lowest BCUT2D eigenvalue weighted by atomic mass is 9.74. The number of benzene rings is 1. The molecule has 0 bridgehead atoms. The van der Waals surface area contributed by atoms with E-state index in [0.717, 1.165) is 18.4 Å². The van der Waals surface area contributed by atoms with Gasteiger partial charge in [0, 0.05) is 25.1 Å². The molecule has 6 nitrogen and oxygen atoms in total. The average Bonchev–Trinajstić information content (AvgIpc) is 2.64. The van der Waals surface area contributed by atoms with Crippen molar-refractivity contribution in [1.82, 2.24) is 9.97 Å². The Labute approximate surface area is 145 Å². The molecule has 3 N–H and O–H groups in total. The molecule has 0 atom stereocenters. The Hall–Kier alpha value is -2.54. The lowest BCUT2D eigenvalue weighted by Gasteiger charge is -2.41. The largest absolute Gasteiger partial charge is 0.396 e. The van der Waals surface area contributed by atoms with E-state index in [1.165, 1.54) is 18.3 Å². The number of nitrogens with zero attached hydrogens (tertiary/aromatic N) is 3. The van der Waals surface area contributed by atoms with Crippen LogP contribution in [0.1, 0.15) is 28.9 Å². The second kappa shape index (κ2) is 7.14. The van der Waals surface area contributed by atoms with Crippen LogP contribution in [0.3, 0.4) is 0 Å². The minimum absolute atomic E-state index is 0.0746. The second-order valence-corrected chi connectivity index (χ2v) is 6.58. The van der Waals surface area contributed by atoms with Crippen LogP contribution in [0.25, 0.3) is 0 Å². The molecule has 0 unspecified atom stereocenters. The molecule has 2 heterocycles. The molecule has 7 heteroatoms. The Kier molecular flexibility index (Phi) is 4.94. The highest BCUT2D eigenvalue weighted by molar-refractivity contribution is 5.90. The number of amides is 1. The molecule has 1 saturated heterocycles. The van der Waals surface area contributed by atoms with E-state index in [2.05, 4.69) is 9.97 Å². The number of aromatic nitrogens is 2. The van der Waals surface area contributed by atoms with E-state index < -0.39 is 5.91 Å². The number of carbonyl (C=O) groups excluding carboxylic acids is 1. The van der Waals surface area contributed by atoms with Crippen molar-refractivity contribution in [2.45, 2.75) is 19.3 Å². The van der Waals surface area contributed by atoms with E-state index in [1.54, 1.807) is 18.3 Å². The molecule has 0 radical (unpaired) electrons. The Balaban J connectivity index is 1.69. The molecular weight excluding hydrogens is 323 g/mol. The fraction of sp³-hybridized carbons (Fsp3) is 0.389. The van der Waals surface area contributed by atoms with E-state index in [1.807, 2.05) is 4.90 Å². The Morgan fingerprint density at radius 2 is 1.92 bits per heavy atom. The summed E-state index contributed by atoms with van der Waals surface area (Å²) in [5.41, 5.74) is 6.18. The minimum Gasteiger partial charge on any atom is -0.396 e. The summed E-state index contributed by atoms with van der Waals surface area (Å²) in [4.78, 5) is 21.6. The average molecular weight is 344 g/mol. The molecule has 132 valence electrons. The van der Waals surface area contributed by atoms with Crippen LogP contribution < -0.4 is 10.6 Å². The Morgan fingerprint density at radius 3 is 2.52 bits per heavy atom.